The number of aromatic hydroxyl groups is 4. The first-order chi connectivity index (χ1) is 12.1. The van der Waals surface area contributed by atoms with Gasteiger partial charge in [-0.3, -0.25) is 0 Å². The fraction of sp³-hybridized carbons (Fsp3) is 0.105. The summed E-state index contributed by atoms with van der Waals surface area (Å²) < 4.78 is 5.82. The van der Waals surface area contributed by atoms with E-state index in [4.69, 9.17) is 4.74 Å². The molecule has 0 fully saturated rings. The molecule has 0 aromatic heterocycles. The zero-order chi connectivity index (χ0) is 17.6. The Kier molecular flexibility index (Phi) is 3.39. The number of aliphatic imine (C=N–C) groups is 1. The molecule has 1 atom stereocenters. The van der Waals surface area contributed by atoms with Crippen molar-refractivity contribution < 1.29 is 25.2 Å². The van der Waals surface area contributed by atoms with Gasteiger partial charge in [0.15, 0.2) is 11.5 Å². The number of phenols is 4. The lowest BCUT2D eigenvalue weighted by Gasteiger charge is -2.15. The van der Waals surface area contributed by atoms with Gasteiger partial charge >= 0.3 is 0 Å². The third-order valence-electron chi connectivity index (χ3n) is 4.26. The minimum atomic E-state index is -0.595. The molecule has 4 rings (SSSR count). The van der Waals surface area contributed by atoms with Crippen molar-refractivity contribution in [3.05, 3.63) is 59.7 Å². The van der Waals surface area contributed by atoms with Crippen molar-refractivity contribution in [3.63, 3.8) is 0 Å². The highest BCUT2D eigenvalue weighted by Gasteiger charge is 2.29. The second kappa shape index (κ2) is 5.59. The Morgan fingerprint density at radius 2 is 1.60 bits per heavy atom. The molecule has 0 spiro atoms. The van der Waals surface area contributed by atoms with E-state index in [2.05, 4.69) is 4.99 Å². The summed E-state index contributed by atoms with van der Waals surface area (Å²) in [6, 6.07) is 12.9. The van der Waals surface area contributed by atoms with Gasteiger partial charge in [0.2, 0.25) is 5.90 Å². The molecular weight excluding hydrogens is 322 g/mol. The van der Waals surface area contributed by atoms with E-state index >= 15 is 0 Å². The van der Waals surface area contributed by atoms with E-state index in [0.29, 0.717) is 16.5 Å². The fourth-order valence-corrected chi connectivity index (χ4v) is 3.05. The second-order valence-electron chi connectivity index (χ2n) is 5.80. The molecule has 25 heavy (non-hydrogen) atoms. The minimum Gasteiger partial charge on any atom is -0.507 e. The van der Waals surface area contributed by atoms with Crippen molar-refractivity contribution >= 4 is 16.7 Å². The van der Waals surface area contributed by atoms with E-state index in [1.54, 1.807) is 24.3 Å². The maximum absolute atomic E-state index is 10.3. The summed E-state index contributed by atoms with van der Waals surface area (Å²) in [6.07, 6.45) is -0.595. The third kappa shape index (κ3) is 2.39. The molecule has 126 valence electrons. The summed E-state index contributed by atoms with van der Waals surface area (Å²) in [4.78, 5) is 4.32. The van der Waals surface area contributed by atoms with Crippen LogP contribution >= 0.6 is 0 Å². The SMILES string of the molecule is Oc1cccc(C2CN=C(c3c(O)ccc4cccc(O)c34)O2)c1O. The molecule has 0 radical (unpaired) electrons. The standard InChI is InChI=1S/C19H15NO5/c21-12-5-1-3-10-7-8-13(22)17(16(10)12)19-20-9-15(25-19)11-4-2-6-14(23)18(11)24/h1-8,15,21-24H,9H2. The number of hydrogen-bond donors (Lipinski definition) is 4. The average Bonchev–Trinajstić information content (AvgIpc) is 3.07. The van der Waals surface area contributed by atoms with Crippen LogP contribution in [0.2, 0.25) is 0 Å². The highest BCUT2D eigenvalue weighted by atomic mass is 16.5. The van der Waals surface area contributed by atoms with E-state index in [1.807, 2.05) is 6.07 Å². The topological polar surface area (TPSA) is 103 Å². The maximum Gasteiger partial charge on any atom is 0.221 e. The predicted octanol–water partition coefficient (Wildman–Crippen LogP) is 3.18. The van der Waals surface area contributed by atoms with E-state index < -0.39 is 6.10 Å². The number of phenolic OH excluding ortho intramolecular Hbond substituents is 4. The Morgan fingerprint density at radius 3 is 2.44 bits per heavy atom. The van der Waals surface area contributed by atoms with Gasteiger partial charge in [0.1, 0.15) is 17.6 Å². The van der Waals surface area contributed by atoms with E-state index in [0.717, 1.165) is 5.39 Å². The molecule has 1 heterocycles. The van der Waals surface area contributed by atoms with Crippen LogP contribution in [0.3, 0.4) is 0 Å². The third-order valence-corrected chi connectivity index (χ3v) is 4.26. The van der Waals surface area contributed by atoms with Gasteiger partial charge in [-0.15, -0.1) is 0 Å². The van der Waals surface area contributed by atoms with Gasteiger partial charge in [0, 0.05) is 10.9 Å². The number of para-hydroxylation sites is 1. The van der Waals surface area contributed by atoms with Crippen LogP contribution < -0.4 is 0 Å². The van der Waals surface area contributed by atoms with Crippen LogP contribution in [0, 0.1) is 0 Å². The molecule has 6 nitrogen and oxygen atoms in total. The Hall–Kier alpha value is -3.41. The van der Waals surface area contributed by atoms with Crippen molar-refractivity contribution in [1.82, 2.24) is 0 Å². The minimum absolute atomic E-state index is 0.0124. The van der Waals surface area contributed by atoms with Crippen LogP contribution in [-0.4, -0.2) is 32.9 Å². The molecular formula is C19H15NO5. The molecule has 6 heteroatoms. The van der Waals surface area contributed by atoms with Gasteiger partial charge in [0.25, 0.3) is 0 Å². The maximum atomic E-state index is 10.3. The van der Waals surface area contributed by atoms with Crippen molar-refractivity contribution in [2.45, 2.75) is 6.10 Å². The lowest BCUT2D eigenvalue weighted by atomic mass is 10.0. The van der Waals surface area contributed by atoms with Crippen LogP contribution in [0.1, 0.15) is 17.2 Å². The quantitative estimate of drug-likeness (QED) is 0.538. The number of nitrogens with zero attached hydrogens (tertiary/aromatic N) is 1. The first-order valence-electron chi connectivity index (χ1n) is 7.72. The van der Waals surface area contributed by atoms with Crippen LogP contribution in [0.4, 0.5) is 0 Å². The van der Waals surface area contributed by atoms with Gasteiger partial charge < -0.3 is 25.2 Å². The molecule has 1 aliphatic rings. The first-order valence-corrected chi connectivity index (χ1v) is 7.72. The van der Waals surface area contributed by atoms with Crippen molar-refractivity contribution in [2.24, 2.45) is 4.99 Å². The largest absolute Gasteiger partial charge is 0.507 e. The normalized spacial score (nSPS) is 16.6. The van der Waals surface area contributed by atoms with Gasteiger partial charge in [-0.2, -0.15) is 0 Å². The Bertz CT molecular complexity index is 1010. The molecule has 0 bridgehead atoms. The molecule has 0 saturated heterocycles. The molecule has 0 aliphatic carbocycles. The zero-order valence-corrected chi connectivity index (χ0v) is 13.0. The Morgan fingerprint density at radius 1 is 0.840 bits per heavy atom. The number of ether oxygens (including phenoxy) is 1. The smallest absolute Gasteiger partial charge is 0.221 e. The van der Waals surface area contributed by atoms with Crippen molar-refractivity contribution in [1.29, 1.82) is 0 Å². The van der Waals surface area contributed by atoms with Crippen molar-refractivity contribution in [2.75, 3.05) is 6.54 Å². The summed E-state index contributed by atoms with van der Waals surface area (Å²) in [5.41, 5.74) is 0.709. The lowest BCUT2D eigenvalue weighted by molar-refractivity contribution is 0.223. The molecule has 3 aromatic carbocycles. The number of hydrogen-bond acceptors (Lipinski definition) is 6. The van der Waals surface area contributed by atoms with E-state index in [-0.39, 0.29) is 35.4 Å². The van der Waals surface area contributed by atoms with Gasteiger partial charge in [-0.25, -0.2) is 4.99 Å². The summed E-state index contributed by atoms with van der Waals surface area (Å²) in [6.45, 7) is 0.218. The molecule has 4 N–H and O–H groups in total. The molecule has 1 aliphatic heterocycles. The number of fused-ring (bicyclic) bond motifs is 1. The summed E-state index contributed by atoms with van der Waals surface area (Å²) in [5.74, 6) is -0.363. The summed E-state index contributed by atoms with van der Waals surface area (Å²) in [5, 5.41) is 41.3. The van der Waals surface area contributed by atoms with Gasteiger partial charge in [-0.1, -0.05) is 30.3 Å². The molecule has 0 amide bonds. The molecule has 3 aromatic rings. The number of benzene rings is 3. The Labute approximate surface area is 142 Å². The monoisotopic (exact) mass is 337 g/mol. The van der Waals surface area contributed by atoms with Crippen LogP contribution in [-0.2, 0) is 4.74 Å². The van der Waals surface area contributed by atoms with E-state index in [1.165, 1.54) is 18.2 Å². The second-order valence-corrected chi connectivity index (χ2v) is 5.80. The highest BCUT2D eigenvalue weighted by Crippen LogP contribution is 2.40. The number of rotatable bonds is 2. The first kappa shape index (κ1) is 15.1. The van der Waals surface area contributed by atoms with Gasteiger partial charge in [-0.05, 0) is 23.6 Å². The molecule has 0 saturated carbocycles. The van der Waals surface area contributed by atoms with Crippen LogP contribution in [0.5, 0.6) is 23.0 Å². The van der Waals surface area contributed by atoms with Crippen LogP contribution in [0.25, 0.3) is 10.8 Å². The highest BCUT2D eigenvalue weighted by molar-refractivity contribution is 6.11. The van der Waals surface area contributed by atoms with Gasteiger partial charge in [0.05, 0.1) is 12.1 Å². The summed E-state index contributed by atoms with van der Waals surface area (Å²) in [7, 11) is 0. The van der Waals surface area contributed by atoms with Crippen LogP contribution in [0.15, 0.2) is 53.5 Å². The Balaban J connectivity index is 1.77. The zero-order valence-electron chi connectivity index (χ0n) is 13.0. The fourth-order valence-electron chi connectivity index (χ4n) is 3.05. The van der Waals surface area contributed by atoms with Crippen molar-refractivity contribution in [3.8, 4) is 23.0 Å². The predicted molar refractivity (Wildman–Crippen MR) is 92.3 cm³/mol. The lowest BCUT2D eigenvalue weighted by Crippen LogP contribution is -2.07. The molecule has 1 unspecified atom stereocenters. The summed E-state index contributed by atoms with van der Waals surface area (Å²) >= 11 is 0. The average molecular weight is 337 g/mol. The van der Waals surface area contributed by atoms with E-state index in [9.17, 15) is 20.4 Å².